The zero-order chi connectivity index (χ0) is 40.0. The van der Waals surface area contributed by atoms with Crippen molar-refractivity contribution in [2.24, 2.45) is 17.8 Å². The van der Waals surface area contributed by atoms with Crippen LogP contribution in [0.2, 0.25) is 0 Å². The second-order valence-corrected chi connectivity index (χ2v) is 16.5. The number of amides is 2. The molecule has 1 aromatic heterocycles. The number of hydrogen-bond donors (Lipinski definition) is 2. The van der Waals surface area contributed by atoms with E-state index in [1.807, 2.05) is 37.4 Å². The van der Waals surface area contributed by atoms with Crippen LogP contribution < -0.4 is 14.8 Å². The molecule has 0 saturated heterocycles. The molecule has 2 N–H and O–H groups in total. The van der Waals surface area contributed by atoms with Crippen molar-refractivity contribution in [3.63, 3.8) is 0 Å². The molecule has 0 radical (unpaired) electrons. The maximum atomic E-state index is 14.3. The minimum absolute atomic E-state index is 0.0171. The molecule has 2 aliphatic rings. The Hall–Kier alpha value is -4.42. The van der Waals surface area contributed by atoms with Gasteiger partial charge >= 0.3 is 5.97 Å². The number of hydrogen-bond acceptors (Lipinski definition) is 8. The van der Waals surface area contributed by atoms with E-state index in [0.717, 1.165) is 63.7 Å². The average Bonchev–Trinajstić information content (AvgIpc) is 3.59. The molecule has 12 nitrogen and oxygen atoms in total. The van der Waals surface area contributed by atoms with Crippen molar-refractivity contribution in [2.45, 2.75) is 77.2 Å². The van der Waals surface area contributed by atoms with Gasteiger partial charge in [0.05, 0.1) is 31.2 Å². The third kappa shape index (κ3) is 9.35. The topological polar surface area (TPSA) is 129 Å². The molecule has 3 aromatic rings. The molecule has 2 aromatic carbocycles. The summed E-state index contributed by atoms with van der Waals surface area (Å²) in [5.41, 5.74) is 1.95. The number of rotatable bonds is 17. The van der Waals surface area contributed by atoms with E-state index in [9.17, 15) is 19.5 Å². The standard InChI is InChI=1S/C43H62N6O6/c1-28(2)33-26-31(41(51)48(7)22-12-21-47(6)20-11-19-46(4)5)15-16-35(33)49-36(39-37(54-8)13-10-14-38(39)55-9)27-34(45-49)40(50)44-43(42(52)53)18-17-30-23-29(3)24-32(43)25-30/h10,13-16,26-30,32H,11-12,17-25H2,1-9H3,(H,44,50)(H,52,53). The minimum Gasteiger partial charge on any atom is -0.496 e. The first kappa shape index (κ1) is 41.7. The second kappa shape index (κ2) is 18.0. The van der Waals surface area contributed by atoms with Gasteiger partial charge < -0.3 is 34.6 Å². The van der Waals surface area contributed by atoms with E-state index in [-0.39, 0.29) is 23.4 Å². The van der Waals surface area contributed by atoms with E-state index < -0.39 is 17.4 Å². The molecule has 55 heavy (non-hydrogen) atoms. The Morgan fingerprint density at radius 2 is 1.62 bits per heavy atom. The Balaban J connectivity index is 1.49. The predicted octanol–water partition coefficient (Wildman–Crippen LogP) is 6.42. The molecule has 2 saturated carbocycles. The molecule has 2 aliphatic carbocycles. The molecule has 5 rings (SSSR count). The third-order valence-corrected chi connectivity index (χ3v) is 11.7. The lowest BCUT2D eigenvalue weighted by Crippen LogP contribution is -2.62. The molecule has 1 heterocycles. The van der Waals surface area contributed by atoms with E-state index in [1.54, 1.807) is 35.9 Å². The Morgan fingerprint density at radius 1 is 0.945 bits per heavy atom. The van der Waals surface area contributed by atoms with Crippen LogP contribution in [0.4, 0.5) is 0 Å². The Bertz CT molecular complexity index is 1800. The van der Waals surface area contributed by atoms with Gasteiger partial charge in [-0.05, 0) is 151 Å². The average molecular weight is 759 g/mol. The quantitative estimate of drug-likeness (QED) is 0.160. The van der Waals surface area contributed by atoms with Crippen LogP contribution in [0.15, 0.2) is 42.5 Å². The first-order chi connectivity index (χ1) is 26.2. The fourth-order valence-electron chi connectivity index (χ4n) is 8.75. The highest BCUT2D eigenvalue weighted by Gasteiger charge is 2.53. The van der Waals surface area contributed by atoms with Gasteiger partial charge in [0.15, 0.2) is 5.69 Å². The number of carbonyl (C=O) groups excluding carboxylic acids is 2. The van der Waals surface area contributed by atoms with E-state index >= 15 is 0 Å². The molecular formula is C43H62N6O6. The minimum atomic E-state index is -1.37. The first-order valence-electron chi connectivity index (χ1n) is 19.8. The predicted molar refractivity (Wildman–Crippen MR) is 216 cm³/mol. The largest absolute Gasteiger partial charge is 0.496 e. The lowest BCUT2D eigenvalue weighted by atomic mass is 9.60. The van der Waals surface area contributed by atoms with Gasteiger partial charge in [0.1, 0.15) is 17.0 Å². The van der Waals surface area contributed by atoms with Crippen LogP contribution in [0, 0.1) is 17.8 Å². The number of carboxylic acid groups (broad SMARTS) is 1. The van der Waals surface area contributed by atoms with Gasteiger partial charge in [-0.15, -0.1) is 0 Å². The summed E-state index contributed by atoms with van der Waals surface area (Å²) in [4.78, 5) is 47.3. The van der Waals surface area contributed by atoms with Crippen LogP contribution in [0.1, 0.15) is 98.0 Å². The third-order valence-electron chi connectivity index (χ3n) is 11.7. The van der Waals surface area contributed by atoms with Gasteiger partial charge in [0.25, 0.3) is 11.8 Å². The summed E-state index contributed by atoms with van der Waals surface area (Å²) in [7, 11) is 11.3. The van der Waals surface area contributed by atoms with Crippen molar-refractivity contribution < 1.29 is 29.0 Å². The van der Waals surface area contributed by atoms with Crippen LogP contribution in [0.3, 0.4) is 0 Å². The normalized spacial score (nSPS) is 20.8. The van der Waals surface area contributed by atoms with Gasteiger partial charge in [0, 0.05) is 19.2 Å². The molecule has 0 spiro atoms. The molecule has 2 bridgehead atoms. The van der Waals surface area contributed by atoms with E-state index in [0.29, 0.717) is 58.8 Å². The van der Waals surface area contributed by atoms with Crippen molar-refractivity contribution in [3.8, 4) is 28.4 Å². The van der Waals surface area contributed by atoms with Gasteiger partial charge in [0.2, 0.25) is 0 Å². The lowest BCUT2D eigenvalue weighted by molar-refractivity contribution is -0.151. The van der Waals surface area contributed by atoms with Crippen molar-refractivity contribution in [1.82, 2.24) is 29.8 Å². The highest BCUT2D eigenvalue weighted by molar-refractivity contribution is 5.98. The number of nitrogens with one attached hydrogen (secondary N) is 1. The lowest BCUT2D eigenvalue weighted by Gasteiger charge is -2.48. The van der Waals surface area contributed by atoms with Crippen LogP contribution in [-0.2, 0) is 4.79 Å². The van der Waals surface area contributed by atoms with Crippen molar-refractivity contribution >= 4 is 17.8 Å². The SMILES string of the molecule is COc1cccc(OC)c1-c1cc(C(=O)NC2(C(=O)O)CCC3CC(C)CC2C3)nn1-c1ccc(C(=O)N(C)CCCN(C)CCCN(C)C)cc1C(C)C. The van der Waals surface area contributed by atoms with Gasteiger partial charge in [-0.3, -0.25) is 9.59 Å². The molecule has 2 amide bonds. The number of aromatic nitrogens is 2. The summed E-state index contributed by atoms with van der Waals surface area (Å²) in [6, 6.07) is 12.7. The van der Waals surface area contributed by atoms with Crippen molar-refractivity contribution in [1.29, 1.82) is 0 Å². The molecular weight excluding hydrogens is 697 g/mol. The number of carboxylic acids is 1. The highest BCUT2D eigenvalue weighted by atomic mass is 16.5. The summed E-state index contributed by atoms with van der Waals surface area (Å²) in [5.74, 6) is 0.140. The second-order valence-electron chi connectivity index (χ2n) is 16.5. The van der Waals surface area contributed by atoms with E-state index in [1.165, 1.54) is 0 Å². The summed E-state index contributed by atoms with van der Waals surface area (Å²) in [5, 5.41) is 18.6. The monoisotopic (exact) mass is 758 g/mol. The number of methoxy groups -OCH3 is 2. The van der Waals surface area contributed by atoms with E-state index in [4.69, 9.17) is 14.6 Å². The first-order valence-corrected chi connectivity index (χ1v) is 19.8. The molecule has 4 atom stereocenters. The van der Waals surface area contributed by atoms with Crippen LogP contribution in [-0.4, -0.2) is 121 Å². The number of nitrogens with zero attached hydrogens (tertiary/aromatic N) is 5. The molecule has 12 heteroatoms. The smallest absolute Gasteiger partial charge is 0.329 e. The number of ether oxygens (including phenoxy) is 2. The molecule has 4 unspecified atom stereocenters. The van der Waals surface area contributed by atoms with Crippen LogP contribution >= 0.6 is 0 Å². The molecule has 2 fully saturated rings. The van der Waals surface area contributed by atoms with Gasteiger partial charge in [-0.2, -0.15) is 5.10 Å². The molecule has 300 valence electrons. The fraction of sp³-hybridized carbons (Fsp3) is 0.581. The van der Waals surface area contributed by atoms with E-state index in [2.05, 4.69) is 57.0 Å². The number of carbonyl (C=O) groups is 3. The zero-order valence-electron chi connectivity index (χ0n) is 34.4. The number of fused-ring (bicyclic) bond motifs is 2. The maximum Gasteiger partial charge on any atom is 0.329 e. The van der Waals surface area contributed by atoms with Crippen molar-refractivity contribution in [2.75, 3.05) is 68.6 Å². The number of aliphatic carboxylic acids is 1. The Kier molecular flexibility index (Phi) is 13.7. The van der Waals surface area contributed by atoms with Crippen LogP contribution in [0.25, 0.3) is 16.9 Å². The van der Waals surface area contributed by atoms with Gasteiger partial charge in [-0.25, -0.2) is 9.48 Å². The fourth-order valence-corrected chi connectivity index (χ4v) is 8.75. The summed E-state index contributed by atoms with van der Waals surface area (Å²) in [6.45, 7) is 9.87. The number of benzene rings is 2. The summed E-state index contributed by atoms with van der Waals surface area (Å²) < 4.78 is 13.3. The maximum absolute atomic E-state index is 14.3. The van der Waals surface area contributed by atoms with Crippen molar-refractivity contribution in [3.05, 3.63) is 59.3 Å². The zero-order valence-corrected chi connectivity index (χ0v) is 34.4. The molecule has 0 aliphatic heterocycles. The Morgan fingerprint density at radius 3 is 2.24 bits per heavy atom. The summed E-state index contributed by atoms with van der Waals surface area (Å²) in [6.07, 6.45) is 5.76. The Labute approximate surface area is 327 Å². The summed E-state index contributed by atoms with van der Waals surface area (Å²) >= 11 is 0. The highest BCUT2D eigenvalue weighted by Crippen LogP contribution is 2.48. The van der Waals surface area contributed by atoms with Gasteiger partial charge in [-0.1, -0.05) is 26.8 Å². The van der Waals surface area contributed by atoms with Crippen LogP contribution in [0.5, 0.6) is 11.5 Å².